The maximum Gasteiger partial charge on any atom is 0.267 e. The number of rotatable bonds is 5. The van der Waals surface area contributed by atoms with Gasteiger partial charge in [-0.25, -0.2) is 4.98 Å². The summed E-state index contributed by atoms with van der Waals surface area (Å²) < 4.78 is 16.1. The molecule has 1 aliphatic heterocycles. The number of aryl methyl sites for hydroxylation is 1. The molecule has 0 aliphatic carbocycles. The van der Waals surface area contributed by atoms with Gasteiger partial charge in [0.15, 0.2) is 16.6 Å². The van der Waals surface area contributed by atoms with E-state index in [-0.39, 0.29) is 11.8 Å². The Bertz CT molecular complexity index is 1090. The average molecular weight is 425 g/mol. The van der Waals surface area contributed by atoms with Crippen molar-refractivity contribution in [3.8, 4) is 17.2 Å². The van der Waals surface area contributed by atoms with Gasteiger partial charge in [0.2, 0.25) is 0 Å². The van der Waals surface area contributed by atoms with Gasteiger partial charge in [0, 0.05) is 17.3 Å². The van der Waals surface area contributed by atoms with Gasteiger partial charge in [0.05, 0.1) is 12.8 Å². The lowest BCUT2D eigenvalue weighted by atomic mass is 10.2. The minimum absolute atomic E-state index is 0.313. The number of benzene rings is 2. The third-order valence-corrected chi connectivity index (χ3v) is 5.45. The van der Waals surface area contributed by atoms with Crippen molar-refractivity contribution >= 4 is 34.0 Å². The third kappa shape index (κ3) is 4.20. The zero-order valence-corrected chi connectivity index (χ0v) is 17.2. The van der Waals surface area contributed by atoms with E-state index in [1.54, 1.807) is 56.5 Å². The van der Waals surface area contributed by atoms with Crippen molar-refractivity contribution in [1.29, 1.82) is 0 Å². The molecule has 2 amide bonds. The van der Waals surface area contributed by atoms with Crippen molar-refractivity contribution < 1.29 is 23.8 Å². The van der Waals surface area contributed by atoms with Gasteiger partial charge >= 0.3 is 0 Å². The fourth-order valence-corrected chi connectivity index (χ4v) is 3.74. The van der Waals surface area contributed by atoms with E-state index in [2.05, 4.69) is 15.6 Å². The van der Waals surface area contributed by atoms with Crippen LogP contribution in [0.4, 0.5) is 10.8 Å². The van der Waals surface area contributed by atoms with Crippen molar-refractivity contribution in [1.82, 2.24) is 4.98 Å². The van der Waals surface area contributed by atoms with E-state index in [9.17, 15) is 9.59 Å². The van der Waals surface area contributed by atoms with E-state index < -0.39 is 0 Å². The Morgan fingerprint density at radius 1 is 1.00 bits per heavy atom. The van der Waals surface area contributed by atoms with E-state index in [1.807, 2.05) is 0 Å². The summed E-state index contributed by atoms with van der Waals surface area (Å²) >= 11 is 1.11. The lowest BCUT2D eigenvalue weighted by Crippen LogP contribution is -2.16. The third-order valence-electron chi connectivity index (χ3n) is 4.38. The Morgan fingerprint density at radius 2 is 1.73 bits per heavy atom. The largest absolute Gasteiger partial charge is 0.497 e. The molecule has 1 aromatic heterocycles. The van der Waals surface area contributed by atoms with Crippen LogP contribution in [-0.2, 0) is 0 Å². The van der Waals surface area contributed by atoms with Crippen LogP contribution in [0.25, 0.3) is 0 Å². The number of nitrogens with one attached hydrogen (secondary N) is 2. The van der Waals surface area contributed by atoms with Crippen LogP contribution in [-0.4, -0.2) is 37.1 Å². The van der Waals surface area contributed by atoms with Crippen LogP contribution < -0.4 is 24.8 Å². The van der Waals surface area contributed by atoms with Crippen LogP contribution in [0.2, 0.25) is 0 Å². The molecule has 0 saturated heterocycles. The zero-order valence-electron chi connectivity index (χ0n) is 16.4. The van der Waals surface area contributed by atoms with Crippen LogP contribution in [0.5, 0.6) is 17.2 Å². The number of anilines is 2. The van der Waals surface area contributed by atoms with Crippen molar-refractivity contribution in [2.75, 3.05) is 31.0 Å². The second-order valence-electron chi connectivity index (χ2n) is 6.43. The molecule has 4 rings (SSSR count). The highest BCUT2D eigenvalue weighted by Gasteiger charge is 2.19. The van der Waals surface area contributed by atoms with Gasteiger partial charge < -0.3 is 19.5 Å². The summed E-state index contributed by atoms with van der Waals surface area (Å²) in [4.78, 5) is 29.8. The monoisotopic (exact) mass is 425 g/mol. The maximum atomic E-state index is 12.7. The summed E-state index contributed by atoms with van der Waals surface area (Å²) in [6, 6.07) is 11.9. The number of aromatic nitrogens is 1. The molecule has 0 saturated carbocycles. The minimum Gasteiger partial charge on any atom is -0.497 e. The molecule has 0 spiro atoms. The second kappa shape index (κ2) is 8.42. The summed E-state index contributed by atoms with van der Waals surface area (Å²) in [6.07, 6.45) is 0. The number of carbonyl (C=O) groups excluding carboxylic acids is 2. The average Bonchev–Trinajstić information content (AvgIpc) is 3.13. The van der Waals surface area contributed by atoms with Gasteiger partial charge in [0.1, 0.15) is 23.8 Å². The van der Waals surface area contributed by atoms with Crippen LogP contribution in [0.1, 0.15) is 25.7 Å². The molecule has 1 aliphatic rings. The van der Waals surface area contributed by atoms with Gasteiger partial charge in [-0.15, -0.1) is 0 Å². The summed E-state index contributed by atoms with van der Waals surface area (Å²) in [5.74, 6) is 1.27. The van der Waals surface area contributed by atoms with Crippen molar-refractivity contribution in [3.63, 3.8) is 0 Å². The first-order valence-corrected chi connectivity index (χ1v) is 9.99. The molecule has 30 heavy (non-hydrogen) atoms. The Balaban J connectivity index is 1.45. The molecule has 3 aromatic rings. The first-order valence-electron chi connectivity index (χ1n) is 9.17. The number of fused-ring (bicyclic) bond motifs is 1. The fourth-order valence-electron chi connectivity index (χ4n) is 2.88. The predicted octanol–water partition coefficient (Wildman–Crippen LogP) is 3.74. The lowest BCUT2D eigenvalue weighted by molar-refractivity contribution is 0.102. The fraction of sp³-hybridized carbons (Fsp3) is 0.190. The first kappa shape index (κ1) is 19.7. The van der Waals surface area contributed by atoms with Gasteiger partial charge in [-0.2, -0.15) is 0 Å². The molecule has 0 bridgehead atoms. The van der Waals surface area contributed by atoms with Gasteiger partial charge in [-0.05, 0) is 43.3 Å². The quantitative estimate of drug-likeness (QED) is 0.646. The van der Waals surface area contributed by atoms with E-state index in [0.29, 0.717) is 57.4 Å². The Kier molecular flexibility index (Phi) is 5.53. The number of thiazole rings is 1. The molecule has 0 fully saturated rings. The molecular formula is C21H19N3O5S. The van der Waals surface area contributed by atoms with Crippen LogP contribution in [0, 0.1) is 6.92 Å². The van der Waals surface area contributed by atoms with Gasteiger partial charge in [-0.3, -0.25) is 14.9 Å². The van der Waals surface area contributed by atoms with E-state index in [0.717, 1.165) is 11.3 Å². The summed E-state index contributed by atoms with van der Waals surface area (Å²) in [5, 5.41) is 5.91. The number of methoxy groups -OCH3 is 1. The molecule has 154 valence electrons. The Hall–Kier alpha value is -3.59. The molecule has 0 unspecified atom stereocenters. The highest BCUT2D eigenvalue weighted by atomic mass is 32.1. The summed E-state index contributed by atoms with van der Waals surface area (Å²) in [5.41, 5.74) is 1.58. The van der Waals surface area contributed by atoms with Crippen molar-refractivity contribution in [3.05, 3.63) is 58.6 Å². The Morgan fingerprint density at radius 3 is 2.47 bits per heavy atom. The molecular weight excluding hydrogens is 406 g/mol. The van der Waals surface area contributed by atoms with Gasteiger partial charge in [0.25, 0.3) is 11.8 Å². The summed E-state index contributed by atoms with van der Waals surface area (Å²) in [6.45, 7) is 2.69. The molecule has 0 atom stereocenters. The first-order chi connectivity index (χ1) is 14.5. The number of amides is 2. The van der Waals surface area contributed by atoms with E-state index in [1.165, 1.54) is 0 Å². The van der Waals surface area contributed by atoms with Crippen LogP contribution in [0.15, 0.2) is 42.5 Å². The molecule has 2 N–H and O–H groups in total. The second-order valence-corrected chi connectivity index (χ2v) is 7.43. The smallest absolute Gasteiger partial charge is 0.267 e. The normalized spacial score (nSPS) is 12.2. The van der Waals surface area contributed by atoms with Crippen molar-refractivity contribution in [2.24, 2.45) is 0 Å². The molecule has 2 heterocycles. The number of ether oxygens (including phenoxy) is 3. The predicted molar refractivity (Wildman–Crippen MR) is 113 cm³/mol. The number of hydrogen-bond acceptors (Lipinski definition) is 7. The SMILES string of the molecule is COc1ccc(C(=O)Nc2nc(C)c(C(=O)Nc3ccc4c(c3)OCCO4)s2)cc1. The standard InChI is InChI=1S/C21H19N3O5S/c1-12-18(20(26)23-14-5-8-16-17(11-14)29-10-9-28-16)30-21(22-12)24-19(25)13-3-6-15(27-2)7-4-13/h3-8,11H,9-10H2,1-2H3,(H,23,26)(H,22,24,25). The minimum atomic E-state index is -0.315. The molecule has 2 aromatic carbocycles. The summed E-state index contributed by atoms with van der Waals surface area (Å²) in [7, 11) is 1.56. The molecule has 8 nitrogen and oxygen atoms in total. The van der Waals surface area contributed by atoms with Gasteiger partial charge in [-0.1, -0.05) is 11.3 Å². The highest BCUT2D eigenvalue weighted by molar-refractivity contribution is 7.17. The van der Waals surface area contributed by atoms with Crippen molar-refractivity contribution in [2.45, 2.75) is 6.92 Å². The van der Waals surface area contributed by atoms with E-state index in [4.69, 9.17) is 14.2 Å². The number of nitrogens with zero attached hydrogens (tertiary/aromatic N) is 1. The maximum absolute atomic E-state index is 12.7. The zero-order chi connectivity index (χ0) is 21.1. The van der Waals surface area contributed by atoms with E-state index >= 15 is 0 Å². The molecule has 0 radical (unpaired) electrons. The number of carbonyl (C=O) groups is 2. The number of hydrogen-bond donors (Lipinski definition) is 2. The lowest BCUT2D eigenvalue weighted by Gasteiger charge is -2.18. The van der Waals surface area contributed by atoms with Crippen LogP contribution in [0.3, 0.4) is 0 Å². The topological polar surface area (TPSA) is 98.8 Å². The molecule has 9 heteroatoms. The Labute approximate surface area is 176 Å². The highest BCUT2D eigenvalue weighted by Crippen LogP contribution is 2.33. The van der Waals surface area contributed by atoms with Crippen LogP contribution >= 0.6 is 11.3 Å².